The molecule has 1 N–H and O–H groups in total. The molecule has 0 spiro atoms. The third kappa shape index (κ3) is 3.64. The van der Waals surface area contributed by atoms with Crippen LogP contribution in [-0.2, 0) is 6.54 Å². The molecular weight excluding hydrogens is 334 g/mol. The van der Waals surface area contributed by atoms with Crippen LogP contribution in [0.15, 0.2) is 59.7 Å². The maximum atomic E-state index is 5.21. The van der Waals surface area contributed by atoms with Gasteiger partial charge in [0.25, 0.3) is 0 Å². The first-order valence-electron chi connectivity index (χ1n) is 8.35. The SMILES string of the molecule is COc1ccc(N=C2CCCN2Cc2c[nH]c3ccccc23)cc1.Cl. The Labute approximate surface area is 153 Å². The molecule has 0 radical (unpaired) electrons. The predicted molar refractivity (Wildman–Crippen MR) is 105 cm³/mol. The number of aliphatic imine (C=N–C) groups is 1. The number of amidine groups is 1. The topological polar surface area (TPSA) is 40.6 Å². The van der Waals surface area contributed by atoms with Gasteiger partial charge in [-0.15, -0.1) is 12.4 Å². The monoisotopic (exact) mass is 355 g/mol. The van der Waals surface area contributed by atoms with Gasteiger partial charge in [0, 0.05) is 36.6 Å². The van der Waals surface area contributed by atoms with Gasteiger partial charge in [-0.3, -0.25) is 0 Å². The summed E-state index contributed by atoms with van der Waals surface area (Å²) in [5.74, 6) is 2.03. The fourth-order valence-electron chi connectivity index (χ4n) is 3.29. The second-order valence-corrected chi connectivity index (χ2v) is 6.11. The lowest BCUT2D eigenvalue weighted by Gasteiger charge is -2.18. The maximum absolute atomic E-state index is 5.21. The van der Waals surface area contributed by atoms with Gasteiger partial charge in [0.15, 0.2) is 0 Å². The Morgan fingerprint density at radius 3 is 2.72 bits per heavy atom. The van der Waals surface area contributed by atoms with E-state index in [9.17, 15) is 0 Å². The maximum Gasteiger partial charge on any atom is 0.119 e. The van der Waals surface area contributed by atoms with Crippen LogP contribution in [0.3, 0.4) is 0 Å². The lowest BCUT2D eigenvalue weighted by atomic mass is 10.1. The highest BCUT2D eigenvalue weighted by Gasteiger charge is 2.20. The highest BCUT2D eigenvalue weighted by Crippen LogP contribution is 2.25. The molecule has 130 valence electrons. The average molecular weight is 356 g/mol. The Kier molecular flexibility index (Phi) is 5.29. The summed E-state index contributed by atoms with van der Waals surface area (Å²) in [7, 11) is 1.68. The Bertz CT molecular complexity index is 870. The highest BCUT2D eigenvalue weighted by atomic mass is 35.5. The number of hydrogen-bond donors (Lipinski definition) is 1. The molecule has 1 aliphatic heterocycles. The van der Waals surface area contributed by atoms with Crippen molar-refractivity contribution in [1.29, 1.82) is 0 Å². The normalized spacial score (nSPS) is 15.6. The van der Waals surface area contributed by atoms with Crippen LogP contribution in [0.1, 0.15) is 18.4 Å². The zero-order valence-electron chi connectivity index (χ0n) is 14.2. The highest BCUT2D eigenvalue weighted by molar-refractivity contribution is 5.88. The number of aromatic nitrogens is 1. The largest absolute Gasteiger partial charge is 0.497 e. The fraction of sp³-hybridized carbons (Fsp3) is 0.250. The fourth-order valence-corrected chi connectivity index (χ4v) is 3.29. The summed E-state index contributed by atoms with van der Waals surface area (Å²) in [6.07, 6.45) is 4.32. The van der Waals surface area contributed by atoms with Crippen LogP contribution in [0, 0.1) is 0 Å². The van der Waals surface area contributed by atoms with Crippen LogP contribution < -0.4 is 4.74 Å². The van der Waals surface area contributed by atoms with E-state index in [1.54, 1.807) is 7.11 Å². The first-order chi connectivity index (χ1) is 11.8. The molecule has 1 aromatic heterocycles. The van der Waals surface area contributed by atoms with Gasteiger partial charge in [-0.2, -0.15) is 0 Å². The van der Waals surface area contributed by atoms with Crippen molar-refractivity contribution in [1.82, 2.24) is 9.88 Å². The number of benzene rings is 2. The van der Waals surface area contributed by atoms with E-state index in [0.29, 0.717) is 0 Å². The molecule has 5 heteroatoms. The molecule has 25 heavy (non-hydrogen) atoms. The van der Waals surface area contributed by atoms with Crippen molar-refractivity contribution in [2.24, 2.45) is 4.99 Å². The molecule has 0 unspecified atom stereocenters. The van der Waals surface area contributed by atoms with Crippen LogP contribution in [0.25, 0.3) is 10.9 Å². The van der Waals surface area contributed by atoms with Crippen molar-refractivity contribution in [2.45, 2.75) is 19.4 Å². The van der Waals surface area contributed by atoms with Gasteiger partial charge < -0.3 is 14.6 Å². The van der Waals surface area contributed by atoms with E-state index in [0.717, 1.165) is 37.4 Å². The van der Waals surface area contributed by atoms with E-state index in [2.05, 4.69) is 40.3 Å². The second-order valence-electron chi connectivity index (χ2n) is 6.11. The molecule has 0 bridgehead atoms. The van der Waals surface area contributed by atoms with E-state index < -0.39 is 0 Å². The molecule has 2 aromatic carbocycles. The number of halogens is 1. The molecule has 4 rings (SSSR count). The molecule has 1 saturated heterocycles. The van der Waals surface area contributed by atoms with Gasteiger partial charge in [-0.1, -0.05) is 18.2 Å². The molecule has 2 heterocycles. The number of H-pyrrole nitrogens is 1. The minimum atomic E-state index is 0. The van der Waals surface area contributed by atoms with Crippen LogP contribution in [-0.4, -0.2) is 29.4 Å². The van der Waals surface area contributed by atoms with Crippen LogP contribution in [0.5, 0.6) is 5.75 Å². The van der Waals surface area contributed by atoms with Gasteiger partial charge >= 0.3 is 0 Å². The number of para-hydroxylation sites is 1. The molecule has 1 fully saturated rings. The van der Waals surface area contributed by atoms with Crippen molar-refractivity contribution in [3.8, 4) is 5.75 Å². The lowest BCUT2D eigenvalue weighted by Crippen LogP contribution is -2.23. The molecule has 0 aliphatic carbocycles. The average Bonchev–Trinajstić information content (AvgIpc) is 3.24. The minimum absolute atomic E-state index is 0. The number of aromatic amines is 1. The van der Waals surface area contributed by atoms with Crippen molar-refractivity contribution in [2.75, 3.05) is 13.7 Å². The number of nitrogens with zero attached hydrogens (tertiary/aromatic N) is 2. The van der Waals surface area contributed by atoms with Gasteiger partial charge in [0.05, 0.1) is 12.8 Å². The van der Waals surface area contributed by atoms with Gasteiger partial charge in [0.2, 0.25) is 0 Å². The van der Waals surface area contributed by atoms with Gasteiger partial charge in [-0.25, -0.2) is 4.99 Å². The van der Waals surface area contributed by atoms with E-state index in [-0.39, 0.29) is 12.4 Å². The van der Waals surface area contributed by atoms with E-state index in [1.807, 2.05) is 24.3 Å². The number of ether oxygens (including phenoxy) is 1. The molecular formula is C20H22ClN3O. The van der Waals surface area contributed by atoms with Crippen molar-refractivity contribution >= 4 is 34.8 Å². The zero-order valence-corrected chi connectivity index (χ0v) is 15.1. The third-order valence-corrected chi connectivity index (χ3v) is 4.56. The number of fused-ring (bicyclic) bond motifs is 1. The second kappa shape index (κ2) is 7.62. The summed E-state index contributed by atoms with van der Waals surface area (Å²) in [6.45, 7) is 1.97. The van der Waals surface area contributed by atoms with Crippen LogP contribution >= 0.6 is 12.4 Å². The molecule has 3 aromatic rings. The van der Waals surface area contributed by atoms with Crippen LogP contribution in [0.2, 0.25) is 0 Å². The number of hydrogen-bond acceptors (Lipinski definition) is 2. The molecule has 0 saturated carbocycles. The van der Waals surface area contributed by atoms with E-state index in [1.165, 1.54) is 22.3 Å². The standard InChI is InChI=1S/C20H21N3O.ClH/c1-24-17-10-8-16(9-11-17)22-20-7-4-12-23(20)14-15-13-21-19-6-3-2-5-18(15)19;/h2-3,5-6,8-11,13,21H,4,7,12,14H2,1H3;1H. The molecule has 0 amide bonds. The lowest BCUT2D eigenvalue weighted by molar-refractivity contribution is 0.415. The van der Waals surface area contributed by atoms with E-state index >= 15 is 0 Å². The van der Waals surface area contributed by atoms with E-state index in [4.69, 9.17) is 9.73 Å². The smallest absolute Gasteiger partial charge is 0.119 e. The van der Waals surface area contributed by atoms with Gasteiger partial charge in [0.1, 0.15) is 11.6 Å². The summed E-state index contributed by atoms with van der Waals surface area (Å²) >= 11 is 0. The summed E-state index contributed by atoms with van der Waals surface area (Å²) in [5, 5.41) is 1.30. The summed E-state index contributed by atoms with van der Waals surface area (Å²) in [6, 6.07) is 16.4. The Morgan fingerprint density at radius 1 is 1.12 bits per heavy atom. The third-order valence-electron chi connectivity index (χ3n) is 4.56. The minimum Gasteiger partial charge on any atom is -0.497 e. The first-order valence-corrected chi connectivity index (χ1v) is 8.35. The quantitative estimate of drug-likeness (QED) is 0.721. The number of nitrogens with one attached hydrogen (secondary N) is 1. The van der Waals surface area contributed by atoms with Crippen molar-refractivity contribution in [3.63, 3.8) is 0 Å². The zero-order chi connectivity index (χ0) is 16.4. The number of rotatable bonds is 4. The summed E-state index contributed by atoms with van der Waals surface area (Å²) in [5.41, 5.74) is 3.51. The summed E-state index contributed by atoms with van der Waals surface area (Å²) < 4.78 is 5.21. The molecule has 4 nitrogen and oxygen atoms in total. The Hall–Kier alpha value is -2.46. The Morgan fingerprint density at radius 2 is 1.92 bits per heavy atom. The molecule has 1 aliphatic rings. The molecule has 0 atom stereocenters. The predicted octanol–water partition coefficient (Wildman–Crippen LogP) is 4.92. The summed E-state index contributed by atoms with van der Waals surface area (Å²) in [4.78, 5) is 10.6. The van der Waals surface area contributed by atoms with Gasteiger partial charge in [-0.05, 0) is 42.3 Å². The van der Waals surface area contributed by atoms with Crippen LogP contribution in [0.4, 0.5) is 5.69 Å². The Balaban J connectivity index is 0.00000182. The van der Waals surface area contributed by atoms with Crippen molar-refractivity contribution < 1.29 is 4.74 Å². The van der Waals surface area contributed by atoms with Crippen molar-refractivity contribution in [3.05, 3.63) is 60.3 Å². The number of likely N-dealkylation sites (tertiary alicyclic amines) is 1. The number of methoxy groups -OCH3 is 1. The first kappa shape index (κ1) is 17.4.